The lowest BCUT2D eigenvalue weighted by Crippen LogP contribution is -2.40. The fourth-order valence-corrected chi connectivity index (χ4v) is 7.39. The summed E-state index contributed by atoms with van der Waals surface area (Å²) in [5.41, 5.74) is 3.70. The molecule has 198 valence electrons. The maximum Gasteiger partial charge on any atom is 0.410 e. The summed E-state index contributed by atoms with van der Waals surface area (Å²) in [6, 6.07) is 38.4. The first kappa shape index (κ1) is 26.8. The number of rotatable bonds is 10. The van der Waals surface area contributed by atoms with E-state index < -0.39 is 4.75 Å². The predicted molar refractivity (Wildman–Crippen MR) is 158 cm³/mol. The molecule has 5 rings (SSSR count). The number of benzene rings is 3. The van der Waals surface area contributed by atoms with Gasteiger partial charge >= 0.3 is 6.09 Å². The predicted octanol–water partition coefficient (Wildman–Crippen LogP) is 6.86. The molecular weight excluding hydrogens is 500 g/mol. The Morgan fingerprint density at radius 1 is 0.872 bits per heavy atom. The van der Waals surface area contributed by atoms with E-state index in [9.17, 15) is 4.79 Å². The Kier molecular flexibility index (Phi) is 8.79. The van der Waals surface area contributed by atoms with Crippen LogP contribution in [0, 0.1) is 0 Å². The summed E-state index contributed by atoms with van der Waals surface area (Å²) in [6.07, 6.45) is 7.28. The Labute approximate surface area is 236 Å². The van der Waals surface area contributed by atoms with Gasteiger partial charge in [-0.15, -0.1) is 11.8 Å². The van der Waals surface area contributed by atoms with E-state index in [2.05, 4.69) is 115 Å². The molecule has 5 heteroatoms. The molecule has 1 aliphatic heterocycles. The smallest absolute Gasteiger partial charge is 0.410 e. The highest BCUT2D eigenvalue weighted by molar-refractivity contribution is 8.01. The molecule has 1 aromatic heterocycles. The van der Waals surface area contributed by atoms with Crippen molar-refractivity contribution in [2.75, 3.05) is 13.2 Å². The highest BCUT2D eigenvalue weighted by Gasteiger charge is 2.44. The standard InChI is InChI=1S/C34H35N2O2S/c1-2-25-38-33(37)36-27-32(26-31(36)21-24-35-22-13-6-14-23-35)39-34(28-15-7-3-8-16-28,29-17-9-4-10-18-29)30-19-11-5-12-20-30/h2-20,22-23,31-32H,1,21,24-27H2/q+1/t31-,32+/m1/s1. The first-order valence-corrected chi connectivity index (χ1v) is 14.4. The van der Waals surface area contributed by atoms with Crippen molar-refractivity contribution in [2.45, 2.75) is 35.4 Å². The van der Waals surface area contributed by atoms with Crippen molar-refractivity contribution >= 4 is 17.9 Å². The molecule has 2 heterocycles. The van der Waals surface area contributed by atoms with Gasteiger partial charge in [-0.3, -0.25) is 0 Å². The lowest BCUT2D eigenvalue weighted by Gasteiger charge is -2.37. The summed E-state index contributed by atoms with van der Waals surface area (Å²) in [5.74, 6) is 0. The zero-order chi connectivity index (χ0) is 26.9. The van der Waals surface area contributed by atoms with Crippen molar-refractivity contribution < 1.29 is 14.1 Å². The molecule has 1 aliphatic rings. The third kappa shape index (κ3) is 6.10. The molecule has 1 saturated heterocycles. The minimum absolute atomic E-state index is 0.0903. The summed E-state index contributed by atoms with van der Waals surface area (Å²) in [5, 5.41) is 0.215. The van der Waals surface area contributed by atoms with Crippen LogP contribution >= 0.6 is 11.8 Å². The van der Waals surface area contributed by atoms with Crippen molar-refractivity contribution in [3.8, 4) is 0 Å². The van der Waals surface area contributed by atoms with E-state index in [1.54, 1.807) is 6.08 Å². The van der Waals surface area contributed by atoms with Gasteiger partial charge in [-0.1, -0.05) is 110 Å². The van der Waals surface area contributed by atoms with Gasteiger partial charge in [0, 0.05) is 36.4 Å². The molecular formula is C34H35N2O2S+. The van der Waals surface area contributed by atoms with Gasteiger partial charge in [0.1, 0.15) is 13.2 Å². The lowest BCUT2D eigenvalue weighted by atomic mass is 9.84. The number of amides is 1. The van der Waals surface area contributed by atoms with Crippen LogP contribution in [0.25, 0.3) is 0 Å². The summed E-state index contributed by atoms with van der Waals surface area (Å²) in [6.45, 7) is 5.41. The van der Waals surface area contributed by atoms with Crippen LogP contribution in [-0.4, -0.2) is 35.4 Å². The molecule has 3 aromatic carbocycles. The van der Waals surface area contributed by atoms with E-state index in [1.165, 1.54) is 16.7 Å². The van der Waals surface area contributed by atoms with Crippen LogP contribution in [0.15, 0.2) is 134 Å². The van der Waals surface area contributed by atoms with Gasteiger partial charge in [0.15, 0.2) is 12.4 Å². The van der Waals surface area contributed by atoms with E-state index in [0.29, 0.717) is 6.54 Å². The van der Waals surface area contributed by atoms with Crippen molar-refractivity contribution in [1.82, 2.24) is 4.90 Å². The topological polar surface area (TPSA) is 33.4 Å². The summed E-state index contributed by atoms with van der Waals surface area (Å²) in [7, 11) is 0. The van der Waals surface area contributed by atoms with E-state index in [0.717, 1.165) is 19.4 Å². The Morgan fingerprint density at radius 3 is 1.90 bits per heavy atom. The molecule has 0 saturated carbocycles. The fraction of sp³-hybridized carbons (Fsp3) is 0.235. The number of aromatic nitrogens is 1. The van der Waals surface area contributed by atoms with Gasteiger partial charge in [-0.25, -0.2) is 9.36 Å². The highest BCUT2D eigenvalue weighted by atomic mass is 32.2. The second-order valence-corrected chi connectivity index (χ2v) is 11.3. The second-order valence-electron chi connectivity index (χ2n) is 9.83. The molecule has 39 heavy (non-hydrogen) atoms. The van der Waals surface area contributed by atoms with Gasteiger partial charge in [0.2, 0.25) is 0 Å². The quantitative estimate of drug-likeness (QED) is 0.126. The molecule has 0 N–H and O–H groups in total. The number of carbonyl (C=O) groups excluding carboxylic acids is 1. The van der Waals surface area contributed by atoms with Gasteiger partial charge in [0.25, 0.3) is 0 Å². The van der Waals surface area contributed by atoms with Crippen LogP contribution < -0.4 is 4.57 Å². The number of hydrogen-bond donors (Lipinski definition) is 0. The Bertz CT molecular complexity index is 1240. The number of nitrogens with zero attached hydrogens (tertiary/aromatic N) is 2. The summed E-state index contributed by atoms with van der Waals surface area (Å²) >= 11 is 1.95. The maximum absolute atomic E-state index is 13.2. The second kappa shape index (κ2) is 12.8. The Balaban J connectivity index is 1.50. The molecule has 2 atom stereocenters. The minimum Gasteiger partial charge on any atom is -0.445 e. The molecule has 4 aromatic rings. The van der Waals surface area contributed by atoms with Gasteiger partial charge in [0.05, 0.1) is 4.75 Å². The molecule has 0 aliphatic carbocycles. The maximum atomic E-state index is 13.2. The first-order valence-electron chi connectivity index (χ1n) is 13.5. The van der Waals surface area contributed by atoms with Crippen LogP contribution in [-0.2, 0) is 16.0 Å². The van der Waals surface area contributed by atoms with Gasteiger partial charge in [-0.2, -0.15) is 0 Å². The van der Waals surface area contributed by atoms with Crippen LogP contribution in [0.5, 0.6) is 0 Å². The van der Waals surface area contributed by atoms with Crippen molar-refractivity contribution in [3.05, 3.63) is 151 Å². The van der Waals surface area contributed by atoms with E-state index in [-0.39, 0.29) is 24.0 Å². The number of likely N-dealkylation sites (tertiary alicyclic amines) is 1. The van der Waals surface area contributed by atoms with Crippen molar-refractivity contribution in [2.24, 2.45) is 0 Å². The number of aryl methyl sites for hydroxylation is 1. The van der Waals surface area contributed by atoms with E-state index >= 15 is 0 Å². The minimum atomic E-state index is -0.422. The Morgan fingerprint density at radius 2 is 1.38 bits per heavy atom. The number of carbonyl (C=O) groups is 1. The van der Waals surface area contributed by atoms with E-state index in [1.807, 2.05) is 34.9 Å². The van der Waals surface area contributed by atoms with Crippen molar-refractivity contribution in [3.63, 3.8) is 0 Å². The molecule has 0 bridgehead atoms. The van der Waals surface area contributed by atoms with Crippen LogP contribution in [0.4, 0.5) is 4.79 Å². The molecule has 0 spiro atoms. The van der Waals surface area contributed by atoms with Crippen LogP contribution in [0.2, 0.25) is 0 Å². The van der Waals surface area contributed by atoms with E-state index in [4.69, 9.17) is 4.74 Å². The normalized spacial score (nSPS) is 17.1. The number of thioether (sulfide) groups is 1. The van der Waals surface area contributed by atoms with Gasteiger partial charge in [-0.05, 0) is 23.1 Å². The Hall–Kier alpha value is -3.83. The monoisotopic (exact) mass is 535 g/mol. The fourth-order valence-electron chi connectivity index (χ4n) is 5.52. The number of hydrogen-bond acceptors (Lipinski definition) is 3. The highest BCUT2D eigenvalue weighted by Crippen LogP contribution is 2.52. The average molecular weight is 536 g/mol. The third-order valence-electron chi connectivity index (χ3n) is 7.32. The SMILES string of the molecule is C=CCOC(=O)N1C[C@@H](SC(c2ccccc2)(c2ccccc2)c2ccccc2)C[C@H]1CC[n+]1ccccc1. The summed E-state index contributed by atoms with van der Waals surface area (Å²) < 4.78 is 7.30. The van der Waals surface area contributed by atoms with Crippen LogP contribution in [0.3, 0.4) is 0 Å². The average Bonchev–Trinajstić information content (AvgIpc) is 3.42. The first-order chi connectivity index (χ1) is 19.2. The molecule has 4 nitrogen and oxygen atoms in total. The van der Waals surface area contributed by atoms with Crippen molar-refractivity contribution in [1.29, 1.82) is 0 Å². The zero-order valence-electron chi connectivity index (χ0n) is 22.1. The third-order valence-corrected chi connectivity index (χ3v) is 9.05. The largest absolute Gasteiger partial charge is 0.445 e. The molecule has 0 unspecified atom stereocenters. The molecule has 1 amide bonds. The number of ether oxygens (including phenoxy) is 1. The van der Waals surface area contributed by atoms with Crippen LogP contribution in [0.1, 0.15) is 29.5 Å². The number of pyridine rings is 1. The lowest BCUT2D eigenvalue weighted by molar-refractivity contribution is -0.697. The van der Waals surface area contributed by atoms with Gasteiger partial charge < -0.3 is 9.64 Å². The zero-order valence-corrected chi connectivity index (χ0v) is 23.0. The molecule has 0 radical (unpaired) electrons. The molecule has 1 fully saturated rings. The summed E-state index contributed by atoms with van der Waals surface area (Å²) in [4.78, 5) is 15.1.